The summed E-state index contributed by atoms with van der Waals surface area (Å²) in [5, 5.41) is 17.1. The Morgan fingerprint density at radius 3 is 2.79 bits per heavy atom. The highest BCUT2D eigenvalue weighted by Crippen LogP contribution is 2.16. The van der Waals surface area contributed by atoms with Crippen molar-refractivity contribution >= 4 is 5.97 Å². The Bertz CT molecular complexity index is 412. The smallest absolute Gasteiger partial charge is 0.325 e. The van der Waals surface area contributed by atoms with Crippen molar-refractivity contribution < 1.29 is 14.3 Å². The largest absolute Gasteiger partial charge is 0.480 e. The Balaban J connectivity index is 3.20. The van der Waals surface area contributed by atoms with E-state index >= 15 is 0 Å². The molecule has 0 saturated heterocycles. The van der Waals surface area contributed by atoms with Crippen LogP contribution in [0.15, 0.2) is 18.2 Å². The third kappa shape index (κ3) is 1.87. The third-order valence-corrected chi connectivity index (χ3v) is 1.73. The van der Waals surface area contributed by atoms with Gasteiger partial charge in [0.2, 0.25) is 0 Å². The number of rotatable bonds is 2. The van der Waals surface area contributed by atoms with Crippen molar-refractivity contribution in [2.24, 2.45) is 5.73 Å². The molecule has 0 amide bonds. The van der Waals surface area contributed by atoms with E-state index in [9.17, 15) is 9.18 Å². The van der Waals surface area contributed by atoms with Gasteiger partial charge in [0.25, 0.3) is 0 Å². The number of hydrogen-bond donors (Lipinski definition) is 2. The number of halogens is 1. The van der Waals surface area contributed by atoms with Crippen LogP contribution in [-0.4, -0.2) is 11.1 Å². The highest BCUT2D eigenvalue weighted by Gasteiger charge is 2.18. The van der Waals surface area contributed by atoms with Crippen molar-refractivity contribution in [1.82, 2.24) is 0 Å². The van der Waals surface area contributed by atoms with E-state index in [2.05, 4.69) is 0 Å². The maximum atomic E-state index is 13.1. The first-order chi connectivity index (χ1) is 6.56. The maximum absolute atomic E-state index is 13.1. The Kier molecular flexibility index (Phi) is 2.79. The standard InChI is InChI=1S/C9H7FN2O2/c10-7-2-1-5(4-11)3-6(7)8(12)9(13)14/h1-3,8H,12H2,(H,13,14)/t8-/m1/s1. The lowest BCUT2D eigenvalue weighted by Crippen LogP contribution is -2.21. The molecule has 4 nitrogen and oxygen atoms in total. The molecule has 0 aliphatic carbocycles. The molecule has 0 radical (unpaired) electrons. The van der Waals surface area contributed by atoms with Gasteiger partial charge in [0.1, 0.15) is 11.9 Å². The van der Waals surface area contributed by atoms with Crippen LogP contribution in [0.3, 0.4) is 0 Å². The van der Waals surface area contributed by atoms with E-state index in [1.54, 1.807) is 6.07 Å². The lowest BCUT2D eigenvalue weighted by atomic mass is 10.0. The molecule has 1 aromatic carbocycles. The van der Waals surface area contributed by atoms with Gasteiger partial charge in [-0.3, -0.25) is 4.79 Å². The minimum absolute atomic E-state index is 0.179. The predicted octanol–water partition coefficient (Wildman–Crippen LogP) is 0.782. The first-order valence-electron chi connectivity index (χ1n) is 3.74. The molecule has 0 aliphatic heterocycles. The van der Waals surface area contributed by atoms with Crippen molar-refractivity contribution in [2.45, 2.75) is 6.04 Å². The third-order valence-electron chi connectivity index (χ3n) is 1.73. The molecule has 0 saturated carbocycles. The SMILES string of the molecule is N#Cc1ccc(F)c([C@@H](N)C(=O)O)c1. The number of nitrogens with two attached hydrogens (primary N) is 1. The number of aliphatic carboxylic acids is 1. The molecule has 0 bridgehead atoms. The number of nitrogens with zero attached hydrogens (tertiary/aromatic N) is 1. The molecule has 0 spiro atoms. The highest BCUT2D eigenvalue weighted by atomic mass is 19.1. The van der Waals surface area contributed by atoms with Crippen LogP contribution in [-0.2, 0) is 4.79 Å². The van der Waals surface area contributed by atoms with E-state index in [1.165, 1.54) is 6.07 Å². The van der Waals surface area contributed by atoms with Gasteiger partial charge >= 0.3 is 5.97 Å². The number of carbonyl (C=O) groups is 1. The summed E-state index contributed by atoms with van der Waals surface area (Å²) in [6.45, 7) is 0. The summed E-state index contributed by atoms with van der Waals surface area (Å²) in [7, 11) is 0. The zero-order chi connectivity index (χ0) is 10.7. The van der Waals surface area contributed by atoms with E-state index in [4.69, 9.17) is 16.1 Å². The van der Waals surface area contributed by atoms with E-state index in [1.807, 2.05) is 0 Å². The topological polar surface area (TPSA) is 87.1 Å². The van der Waals surface area contributed by atoms with Gasteiger partial charge in [0.05, 0.1) is 11.6 Å². The summed E-state index contributed by atoms with van der Waals surface area (Å²) < 4.78 is 13.1. The van der Waals surface area contributed by atoms with Gasteiger partial charge < -0.3 is 10.8 Å². The van der Waals surface area contributed by atoms with Crippen molar-refractivity contribution in [2.75, 3.05) is 0 Å². The first-order valence-corrected chi connectivity index (χ1v) is 3.74. The van der Waals surface area contributed by atoms with Crippen molar-refractivity contribution in [3.8, 4) is 6.07 Å². The summed E-state index contributed by atoms with van der Waals surface area (Å²) in [5.74, 6) is -2.06. The molecule has 5 heteroatoms. The summed E-state index contributed by atoms with van der Waals surface area (Å²) in [6, 6.07) is 3.75. The molecule has 1 aromatic rings. The average Bonchev–Trinajstić information content (AvgIpc) is 2.17. The predicted molar refractivity (Wildman–Crippen MR) is 45.7 cm³/mol. The second-order valence-corrected chi connectivity index (χ2v) is 2.66. The summed E-state index contributed by atoms with van der Waals surface area (Å²) in [4.78, 5) is 10.5. The lowest BCUT2D eigenvalue weighted by molar-refractivity contribution is -0.138. The Morgan fingerprint density at radius 1 is 1.64 bits per heavy atom. The summed E-state index contributed by atoms with van der Waals surface area (Å²) in [5.41, 5.74) is 5.21. The number of benzene rings is 1. The number of nitriles is 1. The van der Waals surface area contributed by atoms with Crippen LogP contribution in [0.25, 0.3) is 0 Å². The first kappa shape index (κ1) is 10.2. The van der Waals surface area contributed by atoms with Crippen LogP contribution in [0.2, 0.25) is 0 Å². The molecule has 0 aliphatic rings. The van der Waals surface area contributed by atoms with Crippen LogP contribution >= 0.6 is 0 Å². The Hall–Kier alpha value is -1.93. The number of carboxylic acid groups (broad SMARTS) is 1. The Morgan fingerprint density at radius 2 is 2.29 bits per heavy atom. The van der Waals surface area contributed by atoms with Crippen LogP contribution in [0, 0.1) is 17.1 Å². The van der Waals surface area contributed by atoms with Gasteiger partial charge in [-0.1, -0.05) is 0 Å². The van der Waals surface area contributed by atoms with Gasteiger partial charge in [-0.15, -0.1) is 0 Å². The fourth-order valence-electron chi connectivity index (χ4n) is 0.985. The van der Waals surface area contributed by atoms with Gasteiger partial charge in [0, 0.05) is 5.56 Å². The minimum atomic E-state index is -1.44. The molecule has 0 unspecified atom stereocenters. The molecule has 1 rings (SSSR count). The van der Waals surface area contributed by atoms with Crippen LogP contribution in [0.5, 0.6) is 0 Å². The normalized spacial score (nSPS) is 11.8. The maximum Gasteiger partial charge on any atom is 0.325 e. The average molecular weight is 194 g/mol. The fourth-order valence-corrected chi connectivity index (χ4v) is 0.985. The van der Waals surface area contributed by atoms with E-state index < -0.39 is 17.8 Å². The fraction of sp³-hybridized carbons (Fsp3) is 0.111. The highest BCUT2D eigenvalue weighted by molar-refractivity contribution is 5.75. The summed E-state index contributed by atoms with van der Waals surface area (Å²) in [6.07, 6.45) is 0. The van der Waals surface area contributed by atoms with Gasteiger partial charge in [-0.05, 0) is 18.2 Å². The van der Waals surface area contributed by atoms with Crippen LogP contribution in [0.4, 0.5) is 4.39 Å². The van der Waals surface area contributed by atoms with Gasteiger partial charge in [-0.25, -0.2) is 4.39 Å². The van der Waals surface area contributed by atoms with Crippen LogP contribution in [0.1, 0.15) is 17.2 Å². The lowest BCUT2D eigenvalue weighted by Gasteiger charge is -2.07. The molecule has 0 fully saturated rings. The monoisotopic (exact) mass is 194 g/mol. The van der Waals surface area contributed by atoms with Crippen LogP contribution < -0.4 is 5.73 Å². The molecule has 0 aromatic heterocycles. The molecule has 1 atom stereocenters. The van der Waals surface area contributed by atoms with Gasteiger partial charge in [0.15, 0.2) is 0 Å². The van der Waals surface area contributed by atoms with E-state index in [0.29, 0.717) is 0 Å². The van der Waals surface area contributed by atoms with E-state index in [0.717, 1.165) is 12.1 Å². The van der Waals surface area contributed by atoms with Crippen molar-refractivity contribution in [3.05, 3.63) is 35.1 Å². The Labute approximate surface area is 79.4 Å². The molecule has 14 heavy (non-hydrogen) atoms. The second kappa shape index (κ2) is 3.85. The summed E-state index contributed by atoms with van der Waals surface area (Å²) >= 11 is 0. The van der Waals surface area contributed by atoms with Crippen molar-refractivity contribution in [3.63, 3.8) is 0 Å². The zero-order valence-electron chi connectivity index (χ0n) is 7.07. The molecular formula is C9H7FN2O2. The van der Waals surface area contributed by atoms with E-state index in [-0.39, 0.29) is 11.1 Å². The number of carboxylic acids is 1. The second-order valence-electron chi connectivity index (χ2n) is 2.66. The minimum Gasteiger partial charge on any atom is -0.480 e. The number of hydrogen-bond acceptors (Lipinski definition) is 3. The molecule has 0 heterocycles. The molecule has 72 valence electrons. The molecule has 3 N–H and O–H groups in total. The molecular weight excluding hydrogens is 187 g/mol. The zero-order valence-corrected chi connectivity index (χ0v) is 7.07. The van der Waals surface area contributed by atoms with Crippen molar-refractivity contribution in [1.29, 1.82) is 5.26 Å². The quantitative estimate of drug-likeness (QED) is 0.728. The van der Waals surface area contributed by atoms with Gasteiger partial charge in [-0.2, -0.15) is 5.26 Å².